The normalized spacial score (nSPS) is 11.6. The maximum atomic E-state index is 5.48. The van der Waals surface area contributed by atoms with E-state index in [1.54, 1.807) is 11.3 Å². The van der Waals surface area contributed by atoms with Gasteiger partial charge in [0.2, 0.25) is 0 Å². The Kier molecular flexibility index (Phi) is 9.88. The van der Waals surface area contributed by atoms with Crippen molar-refractivity contribution in [1.29, 1.82) is 0 Å². The third-order valence-electron chi connectivity index (χ3n) is 13.3. The fourth-order valence-electron chi connectivity index (χ4n) is 9.92. The van der Waals surface area contributed by atoms with Gasteiger partial charge in [0.15, 0.2) is 17.5 Å². The molecule has 69 heavy (non-hydrogen) atoms. The summed E-state index contributed by atoms with van der Waals surface area (Å²) >= 11 is 1.80. The second-order valence-electron chi connectivity index (χ2n) is 17.7. The lowest BCUT2D eigenvalue weighted by atomic mass is 10.00. The summed E-state index contributed by atoms with van der Waals surface area (Å²) in [4.78, 5) is 16.3. The molecule has 324 valence electrons. The molecule has 0 unspecified atom stereocenters. The third-order valence-corrected chi connectivity index (χ3v) is 14.5. The maximum Gasteiger partial charge on any atom is 0.165 e. The molecule has 0 saturated carbocycles. The van der Waals surface area contributed by atoms with Gasteiger partial charge in [-0.05, 0) is 106 Å². The number of benzene rings is 10. The molecule has 0 atom stereocenters. The number of hydrogen-bond donors (Lipinski definition) is 0. The second kappa shape index (κ2) is 16.8. The van der Waals surface area contributed by atoms with E-state index in [4.69, 9.17) is 15.0 Å². The Morgan fingerprint density at radius 2 is 0.797 bits per heavy atom. The van der Waals surface area contributed by atoms with Crippen LogP contribution in [0.15, 0.2) is 237 Å². The van der Waals surface area contributed by atoms with E-state index in [0.29, 0.717) is 17.5 Å². The first-order valence-electron chi connectivity index (χ1n) is 23.3. The van der Waals surface area contributed by atoms with Crippen LogP contribution in [0.3, 0.4) is 0 Å². The van der Waals surface area contributed by atoms with E-state index in [1.165, 1.54) is 48.7 Å². The molecule has 10 aromatic carbocycles. The van der Waals surface area contributed by atoms with Crippen LogP contribution in [-0.2, 0) is 0 Å². The topological polar surface area (TPSA) is 43.6 Å². The minimum atomic E-state index is 0.615. The van der Waals surface area contributed by atoms with Gasteiger partial charge in [0.05, 0.1) is 11.0 Å². The van der Waals surface area contributed by atoms with Crippen LogP contribution < -0.4 is 0 Å². The van der Waals surface area contributed by atoms with Crippen molar-refractivity contribution in [3.8, 4) is 84.4 Å². The SMILES string of the molecule is Cc1cccc(-c2ccc3sc4c(-c5nc(-c6cccc(-c7ccccc7)c6)nc(-c6cccc(-c7ccccc7)c6)n5)cc(-n5c6ccccc6c6cc(-c7ccccc7)ccc65)cc4c3c2)c1. The van der Waals surface area contributed by atoms with Gasteiger partial charge in [-0.3, -0.25) is 0 Å². The van der Waals surface area contributed by atoms with E-state index in [-0.39, 0.29) is 0 Å². The number of thiophene rings is 1. The number of nitrogens with zero attached hydrogens (tertiary/aromatic N) is 4. The first-order valence-corrected chi connectivity index (χ1v) is 24.1. The van der Waals surface area contributed by atoms with E-state index in [2.05, 4.69) is 248 Å². The van der Waals surface area contributed by atoms with Crippen molar-refractivity contribution in [3.63, 3.8) is 0 Å². The highest BCUT2D eigenvalue weighted by Crippen LogP contribution is 2.45. The molecule has 4 nitrogen and oxygen atoms in total. The molecule has 0 aliphatic carbocycles. The Bertz CT molecular complexity index is 3980. The van der Waals surface area contributed by atoms with Gasteiger partial charge in [-0.2, -0.15) is 0 Å². The highest BCUT2D eigenvalue weighted by Gasteiger charge is 2.22. The molecule has 13 aromatic rings. The standard InChI is InChI=1S/C64H42N4S/c1-41-16-13-23-45(34-41)49-31-33-60-55(38-49)56-39-52(68-58-29-12-11-28-53(58)54-37-48(30-32-59(54)68)44-21-9-4-10-22-44)40-57(61(56)69-60)64-66-62(50-26-14-24-46(35-50)42-17-5-2-6-18-42)65-63(67-64)51-27-15-25-47(36-51)43-19-7-3-8-20-43/h2-40H,1H3. The molecule has 0 aliphatic heterocycles. The minimum absolute atomic E-state index is 0.615. The molecule has 0 bridgehead atoms. The van der Waals surface area contributed by atoms with E-state index < -0.39 is 0 Å². The summed E-state index contributed by atoms with van der Waals surface area (Å²) in [5, 5.41) is 4.76. The van der Waals surface area contributed by atoms with Crippen molar-refractivity contribution in [2.24, 2.45) is 0 Å². The summed E-state index contributed by atoms with van der Waals surface area (Å²) in [6.07, 6.45) is 0. The van der Waals surface area contributed by atoms with Gasteiger partial charge in [0.1, 0.15) is 0 Å². The maximum absolute atomic E-state index is 5.48. The smallest absolute Gasteiger partial charge is 0.165 e. The molecule has 13 rings (SSSR count). The molecule has 0 radical (unpaired) electrons. The molecule has 5 heteroatoms. The lowest BCUT2D eigenvalue weighted by Crippen LogP contribution is -2.02. The molecular weight excluding hydrogens is 857 g/mol. The molecule has 0 saturated heterocycles. The lowest BCUT2D eigenvalue weighted by Gasteiger charge is -2.14. The van der Waals surface area contributed by atoms with Crippen LogP contribution in [-0.4, -0.2) is 19.5 Å². The van der Waals surface area contributed by atoms with Crippen LogP contribution in [0.5, 0.6) is 0 Å². The molecule has 0 fully saturated rings. The Labute approximate surface area is 404 Å². The Balaban J connectivity index is 1.09. The number of fused-ring (bicyclic) bond motifs is 6. The average Bonchev–Trinajstić information content (AvgIpc) is 3.96. The van der Waals surface area contributed by atoms with Crippen molar-refractivity contribution in [3.05, 3.63) is 242 Å². The van der Waals surface area contributed by atoms with Crippen LogP contribution in [0.2, 0.25) is 0 Å². The molecule has 3 aromatic heterocycles. The molecule has 0 amide bonds. The van der Waals surface area contributed by atoms with E-state index in [9.17, 15) is 0 Å². The molecule has 0 spiro atoms. The third kappa shape index (κ3) is 7.37. The van der Waals surface area contributed by atoms with Crippen LogP contribution in [0, 0.1) is 6.92 Å². The van der Waals surface area contributed by atoms with Crippen LogP contribution in [0.1, 0.15) is 5.56 Å². The summed E-state index contributed by atoms with van der Waals surface area (Å²) in [5.41, 5.74) is 16.6. The Morgan fingerprint density at radius 3 is 1.43 bits per heavy atom. The summed E-state index contributed by atoms with van der Waals surface area (Å²) < 4.78 is 4.75. The minimum Gasteiger partial charge on any atom is -0.309 e. The zero-order valence-electron chi connectivity index (χ0n) is 37.7. The van der Waals surface area contributed by atoms with Crippen LogP contribution >= 0.6 is 11.3 Å². The quantitative estimate of drug-likeness (QED) is 0.153. The molecule has 3 heterocycles. The van der Waals surface area contributed by atoms with Crippen molar-refractivity contribution >= 4 is 53.3 Å². The highest BCUT2D eigenvalue weighted by molar-refractivity contribution is 7.26. The van der Waals surface area contributed by atoms with Crippen molar-refractivity contribution in [2.75, 3.05) is 0 Å². The summed E-state index contributed by atoms with van der Waals surface area (Å²) in [6, 6.07) is 84.7. The van der Waals surface area contributed by atoms with Crippen molar-refractivity contribution in [1.82, 2.24) is 19.5 Å². The number of rotatable bonds is 8. The van der Waals surface area contributed by atoms with Gasteiger partial charge in [0.25, 0.3) is 0 Å². The van der Waals surface area contributed by atoms with E-state index in [1.807, 2.05) is 0 Å². The first-order chi connectivity index (χ1) is 34.1. The van der Waals surface area contributed by atoms with Gasteiger partial charge in [-0.25, -0.2) is 15.0 Å². The fraction of sp³-hybridized carbons (Fsp3) is 0.0156. The van der Waals surface area contributed by atoms with Gasteiger partial charge < -0.3 is 4.57 Å². The highest BCUT2D eigenvalue weighted by atomic mass is 32.1. The number of para-hydroxylation sites is 1. The van der Waals surface area contributed by atoms with Gasteiger partial charge in [-0.1, -0.05) is 188 Å². The van der Waals surface area contributed by atoms with E-state index in [0.717, 1.165) is 65.8 Å². The fourth-order valence-corrected chi connectivity index (χ4v) is 11.1. The zero-order valence-corrected chi connectivity index (χ0v) is 38.5. The second-order valence-corrected chi connectivity index (χ2v) is 18.8. The predicted octanol–water partition coefficient (Wildman–Crippen LogP) is 17.3. The molecule has 0 N–H and O–H groups in total. The van der Waals surface area contributed by atoms with Crippen molar-refractivity contribution in [2.45, 2.75) is 6.92 Å². The number of aryl methyl sites for hydroxylation is 1. The Hall–Kier alpha value is -8.77. The van der Waals surface area contributed by atoms with Crippen LogP contribution in [0.25, 0.3) is 126 Å². The summed E-state index contributed by atoms with van der Waals surface area (Å²) in [7, 11) is 0. The largest absolute Gasteiger partial charge is 0.309 e. The Morgan fingerprint density at radius 1 is 0.319 bits per heavy atom. The lowest BCUT2D eigenvalue weighted by molar-refractivity contribution is 1.07. The van der Waals surface area contributed by atoms with Gasteiger partial charge in [-0.15, -0.1) is 11.3 Å². The van der Waals surface area contributed by atoms with Crippen molar-refractivity contribution < 1.29 is 0 Å². The first kappa shape index (κ1) is 40.5. The van der Waals surface area contributed by atoms with Gasteiger partial charge >= 0.3 is 0 Å². The zero-order chi connectivity index (χ0) is 45.8. The number of aromatic nitrogens is 4. The average molecular weight is 899 g/mol. The monoisotopic (exact) mass is 898 g/mol. The van der Waals surface area contributed by atoms with Crippen LogP contribution in [0.4, 0.5) is 0 Å². The molecule has 0 aliphatic rings. The predicted molar refractivity (Wildman–Crippen MR) is 290 cm³/mol. The summed E-state index contributed by atoms with van der Waals surface area (Å²) in [5.74, 6) is 1.85. The van der Waals surface area contributed by atoms with Gasteiger partial charge in [0, 0.05) is 53.3 Å². The number of hydrogen-bond acceptors (Lipinski definition) is 4. The van der Waals surface area contributed by atoms with E-state index >= 15 is 0 Å². The summed E-state index contributed by atoms with van der Waals surface area (Å²) in [6.45, 7) is 2.15. The molecular formula is C64H42N4S.